The zero-order valence-electron chi connectivity index (χ0n) is 26.0. The summed E-state index contributed by atoms with van der Waals surface area (Å²) < 4.78 is 1.81. The van der Waals surface area contributed by atoms with E-state index in [1.807, 2.05) is 56.0 Å². The van der Waals surface area contributed by atoms with E-state index < -0.39 is 0 Å². The molecule has 6 nitrogen and oxygen atoms in total. The molecule has 226 valence electrons. The van der Waals surface area contributed by atoms with Crippen LogP contribution in [0.25, 0.3) is 11.1 Å². The Balaban J connectivity index is 1.27. The van der Waals surface area contributed by atoms with Gasteiger partial charge >= 0.3 is 0 Å². The van der Waals surface area contributed by atoms with E-state index in [9.17, 15) is 4.79 Å². The number of carbonyl (C=O) groups excluding carboxylic acids is 1. The number of rotatable bonds is 12. The highest BCUT2D eigenvalue weighted by Gasteiger charge is 2.33. The first kappa shape index (κ1) is 30.9. The molecule has 1 N–H and O–H groups in total. The van der Waals surface area contributed by atoms with Gasteiger partial charge in [-0.1, -0.05) is 66.1 Å². The summed E-state index contributed by atoms with van der Waals surface area (Å²) in [6.45, 7) is 6.59. The lowest BCUT2D eigenvalue weighted by Gasteiger charge is -2.33. The molecule has 2 aromatic heterocycles. The molecule has 44 heavy (non-hydrogen) atoms. The van der Waals surface area contributed by atoms with Crippen molar-refractivity contribution in [1.29, 1.82) is 0 Å². The molecule has 1 unspecified atom stereocenters. The Hall–Kier alpha value is -4.50. The van der Waals surface area contributed by atoms with Gasteiger partial charge in [-0.2, -0.15) is 5.10 Å². The maximum Gasteiger partial charge on any atom is 0.228 e. The highest BCUT2D eigenvalue weighted by atomic mass is 16.1. The number of hydrogen-bond donors (Lipinski definition) is 1. The first-order valence-electron chi connectivity index (χ1n) is 15.8. The third kappa shape index (κ3) is 8.11. The molecule has 0 radical (unpaired) electrons. The number of amides is 1. The van der Waals surface area contributed by atoms with E-state index in [4.69, 9.17) is 11.4 Å². The van der Waals surface area contributed by atoms with Crippen molar-refractivity contribution in [3.8, 4) is 23.5 Å². The fourth-order valence-corrected chi connectivity index (χ4v) is 6.40. The van der Waals surface area contributed by atoms with Gasteiger partial charge in [0.1, 0.15) is 5.82 Å². The molecule has 1 amide bonds. The molecule has 0 bridgehead atoms. The van der Waals surface area contributed by atoms with Crippen LogP contribution in [0.5, 0.6) is 0 Å². The lowest BCUT2D eigenvalue weighted by Crippen LogP contribution is -2.35. The van der Waals surface area contributed by atoms with Gasteiger partial charge in [-0.3, -0.25) is 9.48 Å². The maximum absolute atomic E-state index is 13.8. The fourth-order valence-electron chi connectivity index (χ4n) is 6.40. The van der Waals surface area contributed by atoms with Crippen molar-refractivity contribution < 1.29 is 4.79 Å². The smallest absolute Gasteiger partial charge is 0.228 e. The number of carbonyl (C=O) groups is 1. The zero-order chi connectivity index (χ0) is 30.9. The second kappa shape index (κ2) is 14.8. The highest BCUT2D eigenvalue weighted by molar-refractivity contribution is 5.84. The predicted molar refractivity (Wildman–Crippen MR) is 177 cm³/mol. The van der Waals surface area contributed by atoms with Crippen molar-refractivity contribution in [1.82, 2.24) is 25.1 Å². The van der Waals surface area contributed by atoms with Gasteiger partial charge in [-0.15, -0.1) is 13.0 Å². The van der Waals surface area contributed by atoms with E-state index in [0.29, 0.717) is 12.5 Å². The Morgan fingerprint density at radius 3 is 2.48 bits per heavy atom. The van der Waals surface area contributed by atoms with Gasteiger partial charge in [0.15, 0.2) is 0 Å². The van der Waals surface area contributed by atoms with Crippen molar-refractivity contribution in [3.05, 3.63) is 114 Å². The molecule has 4 aromatic rings. The minimum atomic E-state index is -0.200. The number of benzene rings is 2. The summed E-state index contributed by atoms with van der Waals surface area (Å²) in [4.78, 5) is 23.3. The molecule has 2 aromatic carbocycles. The molecule has 5 rings (SSSR count). The SMILES string of the molecule is C#Cc1cnc(CC2CCC(C(C(=O)NCc3ccccc3)c3ccc(-c4cnn(C)c4)cc3)CC2)nc1CCCC(=C)C. The molecular weight excluding hydrogens is 542 g/mol. The van der Waals surface area contributed by atoms with Crippen molar-refractivity contribution >= 4 is 5.91 Å². The van der Waals surface area contributed by atoms with Crippen LogP contribution in [0, 0.1) is 24.2 Å². The van der Waals surface area contributed by atoms with Crippen LogP contribution in [0.2, 0.25) is 0 Å². The minimum Gasteiger partial charge on any atom is -0.351 e. The number of aromatic nitrogens is 4. The van der Waals surface area contributed by atoms with E-state index in [-0.39, 0.29) is 17.7 Å². The Bertz CT molecular complexity index is 1590. The minimum absolute atomic E-state index is 0.0963. The molecule has 1 fully saturated rings. The van der Waals surface area contributed by atoms with Crippen LogP contribution in [0.1, 0.15) is 79.6 Å². The molecule has 6 heteroatoms. The molecule has 0 aliphatic heterocycles. The van der Waals surface area contributed by atoms with Crippen molar-refractivity contribution in [2.45, 2.75) is 70.8 Å². The number of nitrogens with zero attached hydrogens (tertiary/aromatic N) is 4. The standard InChI is InChI=1S/C38H43N5O/c1-5-30-24-39-36(42-35(30)13-9-10-27(2)3)22-28-14-16-32(17-15-28)37(38(44)40-23-29-11-7-6-8-12-29)33-20-18-31(19-21-33)34-25-41-43(4)26-34/h1,6-8,11-12,18-21,24-26,28,32,37H,2,9-10,13-17,22-23H2,3-4H3,(H,40,44). The van der Waals surface area contributed by atoms with E-state index in [0.717, 1.165) is 90.7 Å². The van der Waals surface area contributed by atoms with Crippen LogP contribution in [0.4, 0.5) is 0 Å². The Kier molecular flexibility index (Phi) is 10.4. The molecule has 1 saturated carbocycles. The summed E-state index contributed by atoms with van der Waals surface area (Å²) >= 11 is 0. The van der Waals surface area contributed by atoms with Gasteiger partial charge in [-0.25, -0.2) is 9.97 Å². The van der Waals surface area contributed by atoms with Crippen molar-refractivity contribution in [2.75, 3.05) is 0 Å². The van der Waals surface area contributed by atoms with Crippen LogP contribution >= 0.6 is 0 Å². The first-order chi connectivity index (χ1) is 21.4. The number of aryl methyl sites for hydroxylation is 2. The van der Waals surface area contributed by atoms with E-state index >= 15 is 0 Å². The lowest BCUT2D eigenvalue weighted by atomic mass is 9.72. The Morgan fingerprint density at radius 1 is 1.07 bits per heavy atom. The number of hydrogen-bond acceptors (Lipinski definition) is 4. The third-order valence-electron chi connectivity index (χ3n) is 8.82. The fraction of sp³-hybridized carbons (Fsp3) is 0.368. The summed E-state index contributed by atoms with van der Waals surface area (Å²) in [6.07, 6.45) is 19.2. The molecule has 1 atom stereocenters. The quantitative estimate of drug-likeness (QED) is 0.141. The number of nitrogens with one attached hydrogen (secondary N) is 1. The second-order valence-corrected chi connectivity index (χ2v) is 12.3. The normalized spacial score (nSPS) is 17.0. The second-order valence-electron chi connectivity index (χ2n) is 12.3. The summed E-state index contributed by atoms with van der Waals surface area (Å²) in [5, 5.41) is 7.55. The van der Waals surface area contributed by atoms with Crippen LogP contribution in [0.15, 0.2) is 85.3 Å². The van der Waals surface area contributed by atoms with E-state index in [1.54, 1.807) is 4.68 Å². The largest absolute Gasteiger partial charge is 0.351 e. The molecule has 0 saturated heterocycles. The lowest BCUT2D eigenvalue weighted by molar-refractivity contribution is -0.124. The van der Waals surface area contributed by atoms with Gasteiger partial charge in [0.2, 0.25) is 5.91 Å². The Labute approximate surface area is 262 Å². The number of allylic oxidation sites excluding steroid dienone is 1. The summed E-state index contributed by atoms with van der Waals surface area (Å²) in [7, 11) is 1.92. The van der Waals surface area contributed by atoms with Gasteiger partial charge in [0.25, 0.3) is 0 Å². The van der Waals surface area contributed by atoms with Crippen LogP contribution in [-0.4, -0.2) is 25.7 Å². The summed E-state index contributed by atoms with van der Waals surface area (Å²) in [5.74, 6) is 4.29. The van der Waals surface area contributed by atoms with Crippen LogP contribution < -0.4 is 5.32 Å². The Morgan fingerprint density at radius 2 is 1.82 bits per heavy atom. The number of terminal acetylenes is 1. The van der Waals surface area contributed by atoms with Gasteiger partial charge < -0.3 is 5.32 Å². The summed E-state index contributed by atoms with van der Waals surface area (Å²) in [5.41, 5.74) is 7.28. The molecular formula is C38H43N5O. The van der Waals surface area contributed by atoms with Gasteiger partial charge in [0.05, 0.1) is 23.4 Å². The van der Waals surface area contributed by atoms with Gasteiger partial charge in [0, 0.05) is 38.0 Å². The van der Waals surface area contributed by atoms with Crippen LogP contribution in [-0.2, 0) is 31.2 Å². The topological polar surface area (TPSA) is 72.7 Å². The summed E-state index contributed by atoms with van der Waals surface area (Å²) in [6, 6.07) is 18.6. The van der Waals surface area contributed by atoms with E-state index in [1.165, 1.54) is 5.57 Å². The third-order valence-corrected chi connectivity index (χ3v) is 8.82. The first-order valence-corrected chi connectivity index (χ1v) is 15.8. The maximum atomic E-state index is 13.8. The highest BCUT2D eigenvalue weighted by Crippen LogP contribution is 2.40. The molecule has 1 aliphatic carbocycles. The predicted octanol–water partition coefficient (Wildman–Crippen LogP) is 7.21. The van der Waals surface area contributed by atoms with Crippen LogP contribution in [0.3, 0.4) is 0 Å². The molecule has 1 aliphatic rings. The monoisotopic (exact) mass is 585 g/mol. The van der Waals surface area contributed by atoms with Crippen molar-refractivity contribution in [3.63, 3.8) is 0 Å². The molecule has 0 spiro atoms. The van der Waals surface area contributed by atoms with Gasteiger partial charge in [-0.05, 0) is 80.4 Å². The average molecular weight is 586 g/mol. The average Bonchev–Trinajstić information content (AvgIpc) is 3.48. The zero-order valence-corrected chi connectivity index (χ0v) is 26.0. The van der Waals surface area contributed by atoms with E-state index in [2.05, 4.69) is 59.1 Å². The van der Waals surface area contributed by atoms with Crippen molar-refractivity contribution in [2.24, 2.45) is 18.9 Å². The molecule has 2 heterocycles.